The minimum atomic E-state index is -0.453. The molecule has 0 radical (unpaired) electrons. The molecule has 1 N–H and O–H groups in total. The quantitative estimate of drug-likeness (QED) is 0.919. The van der Waals surface area contributed by atoms with Crippen molar-refractivity contribution >= 4 is 0 Å². The highest BCUT2D eigenvalue weighted by Gasteiger charge is 2.28. The van der Waals surface area contributed by atoms with Gasteiger partial charge in [0.2, 0.25) is 0 Å². The van der Waals surface area contributed by atoms with Crippen LogP contribution in [0.4, 0.5) is 0 Å². The van der Waals surface area contributed by atoms with E-state index >= 15 is 0 Å². The first-order chi connectivity index (χ1) is 10.1. The van der Waals surface area contributed by atoms with Gasteiger partial charge >= 0.3 is 0 Å². The summed E-state index contributed by atoms with van der Waals surface area (Å²) >= 11 is 0. The van der Waals surface area contributed by atoms with Gasteiger partial charge < -0.3 is 14.7 Å². The van der Waals surface area contributed by atoms with Crippen LogP contribution in [0.3, 0.4) is 0 Å². The summed E-state index contributed by atoms with van der Waals surface area (Å²) in [5.41, 5.74) is 0.977. The minimum absolute atomic E-state index is 0.146. The Morgan fingerprint density at radius 2 is 1.86 bits per heavy atom. The Morgan fingerprint density at radius 3 is 2.52 bits per heavy atom. The number of hydrogen-bond donors (Lipinski definition) is 1. The molecule has 2 atom stereocenters. The van der Waals surface area contributed by atoms with Crippen LogP contribution in [-0.4, -0.2) is 60.8 Å². The van der Waals surface area contributed by atoms with Gasteiger partial charge in [-0.25, -0.2) is 0 Å². The first kappa shape index (κ1) is 14.8. The maximum atomic E-state index is 10.7. The summed E-state index contributed by atoms with van der Waals surface area (Å²) in [7, 11) is 4.24. The van der Waals surface area contributed by atoms with Gasteiger partial charge in [-0.2, -0.15) is 0 Å². The first-order valence-corrected chi connectivity index (χ1v) is 7.97. The zero-order chi connectivity index (χ0) is 14.8. The van der Waals surface area contributed by atoms with Gasteiger partial charge in [-0.1, -0.05) is 12.1 Å². The Labute approximate surface area is 127 Å². The number of hydrogen-bond acceptors (Lipinski definition) is 4. The Bertz CT molecular complexity index is 458. The molecule has 0 amide bonds. The van der Waals surface area contributed by atoms with E-state index in [0.717, 1.165) is 37.4 Å². The second-order valence-corrected chi connectivity index (χ2v) is 6.49. The van der Waals surface area contributed by atoms with Crippen LogP contribution >= 0.6 is 0 Å². The minimum Gasteiger partial charge on any atom is -0.490 e. The summed E-state index contributed by atoms with van der Waals surface area (Å²) in [6.45, 7) is 3.04. The average Bonchev–Trinajstić information content (AvgIpc) is 3.29. The highest BCUT2D eigenvalue weighted by Crippen LogP contribution is 2.29. The smallest absolute Gasteiger partial charge is 0.119 e. The van der Waals surface area contributed by atoms with E-state index in [4.69, 9.17) is 4.74 Å². The van der Waals surface area contributed by atoms with Crippen LogP contribution in [0.5, 0.6) is 5.75 Å². The zero-order valence-corrected chi connectivity index (χ0v) is 13.0. The van der Waals surface area contributed by atoms with E-state index in [1.807, 2.05) is 24.3 Å². The van der Waals surface area contributed by atoms with Crippen molar-refractivity contribution in [2.24, 2.45) is 0 Å². The molecule has 2 fully saturated rings. The molecule has 1 heterocycles. The van der Waals surface area contributed by atoms with Gasteiger partial charge in [0.05, 0.1) is 18.2 Å². The Balaban J connectivity index is 1.68. The molecule has 1 aliphatic carbocycles. The third-order valence-corrected chi connectivity index (χ3v) is 4.53. The van der Waals surface area contributed by atoms with Crippen LogP contribution < -0.4 is 4.74 Å². The molecule has 0 spiro atoms. The molecule has 4 nitrogen and oxygen atoms in total. The predicted molar refractivity (Wildman–Crippen MR) is 83.6 cm³/mol. The summed E-state index contributed by atoms with van der Waals surface area (Å²) < 4.78 is 5.76. The van der Waals surface area contributed by atoms with Crippen molar-refractivity contribution in [3.8, 4) is 5.75 Å². The largest absolute Gasteiger partial charge is 0.490 e. The third kappa shape index (κ3) is 3.76. The molecule has 2 aliphatic rings. The van der Waals surface area contributed by atoms with Crippen molar-refractivity contribution in [2.75, 3.05) is 33.7 Å². The van der Waals surface area contributed by atoms with E-state index in [9.17, 15) is 5.11 Å². The van der Waals surface area contributed by atoms with Gasteiger partial charge in [0, 0.05) is 6.54 Å². The SMILES string of the molecule is CN1CCCN(C)C(C(O)c2ccc(OC3CC3)cc2)C1. The lowest BCUT2D eigenvalue weighted by Gasteiger charge is -2.31. The Hall–Kier alpha value is -1.10. The molecule has 1 saturated heterocycles. The van der Waals surface area contributed by atoms with Crippen molar-refractivity contribution < 1.29 is 9.84 Å². The molecule has 1 aromatic carbocycles. The highest BCUT2D eigenvalue weighted by atomic mass is 16.5. The fraction of sp³-hybridized carbons (Fsp3) is 0.647. The molecular formula is C17H26N2O2. The third-order valence-electron chi connectivity index (χ3n) is 4.53. The lowest BCUT2D eigenvalue weighted by Crippen LogP contribution is -2.42. The van der Waals surface area contributed by atoms with E-state index in [1.165, 1.54) is 12.8 Å². The molecule has 4 heteroatoms. The van der Waals surface area contributed by atoms with Crippen LogP contribution in [0.2, 0.25) is 0 Å². The lowest BCUT2D eigenvalue weighted by molar-refractivity contribution is 0.0572. The van der Waals surface area contributed by atoms with Crippen LogP contribution in [-0.2, 0) is 0 Å². The predicted octanol–water partition coefficient (Wildman–Crippen LogP) is 1.90. The molecule has 1 aromatic rings. The Morgan fingerprint density at radius 1 is 1.14 bits per heavy atom. The summed E-state index contributed by atoms with van der Waals surface area (Å²) in [4.78, 5) is 4.59. The van der Waals surface area contributed by atoms with Gasteiger partial charge in [0.25, 0.3) is 0 Å². The van der Waals surface area contributed by atoms with Gasteiger partial charge in [-0.15, -0.1) is 0 Å². The fourth-order valence-electron chi connectivity index (χ4n) is 2.99. The molecule has 1 aliphatic heterocycles. The molecular weight excluding hydrogens is 264 g/mol. The van der Waals surface area contributed by atoms with Crippen molar-refractivity contribution in [3.63, 3.8) is 0 Å². The second-order valence-electron chi connectivity index (χ2n) is 6.49. The molecule has 21 heavy (non-hydrogen) atoms. The topological polar surface area (TPSA) is 35.9 Å². The second kappa shape index (κ2) is 6.34. The normalized spacial score (nSPS) is 26.3. The molecule has 116 valence electrons. The van der Waals surface area contributed by atoms with Crippen molar-refractivity contribution in [3.05, 3.63) is 29.8 Å². The van der Waals surface area contributed by atoms with Crippen LogP contribution in [0.25, 0.3) is 0 Å². The number of benzene rings is 1. The van der Waals surface area contributed by atoms with Crippen molar-refractivity contribution in [1.29, 1.82) is 0 Å². The highest BCUT2D eigenvalue weighted by molar-refractivity contribution is 5.29. The van der Waals surface area contributed by atoms with E-state index < -0.39 is 6.10 Å². The molecule has 3 rings (SSSR count). The molecule has 0 bridgehead atoms. The fourth-order valence-corrected chi connectivity index (χ4v) is 2.99. The molecule has 0 aromatic heterocycles. The average molecular weight is 290 g/mol. The summed E-state index contributed by atoms with van der Waals surface area (Å²) in [6.07, 6.45) is 3.46. The number of rotatable bonds is 4. The van der Waals surface area contributed by atoms with Gasteiger partial charge in [0.15, 0.2) is 0 Å². The van der Waals surface area contributed by atoms with E-state index in [2.05, 4.69) is 23.9 Å². The summed E-state index contributed by atoms with van der Waals surface area (Å²) in [5.74, 6) is 0.916. The van der Waals surface area contributed by atoms with E-state index in [1.54, 1.807) is 0 Å². The van der Waals surface area contributed by atoms with Crippen LogP contribution in [0, 0.1) is 0 Å². The van der Waals surface area contributed by atoms with Crippen LogP contribution in [0.15, 0.2) is 24.3 Å². The zero-order valence-electron chi connectivity index (χ0n) is 13.0. The number of likely N-dealkylation sites (N-methyl/N-ethyl adjacent to an activating group) is 2. The first-order valence-electron chi connectivity index (χ1n) is 7.97. The molecule has 2 unspecified atom stereocenters. The van der Waals surface area contributed by atoms with Crippen LogP contribution in [0.1, 0.15) is 30.9 Å². The number of aliphatic hydroxyl groups is 1. The number of aliphatic hydroxyl groups excluding tert-OH is 1. The van der Waals surface area contributed by atoms with E-state index in [0.29, 0.717) is 6.10 Å². The number of nitrogens with zero attached hydrogens (tertiary/aromatic N) is 2. The maximum Gasteiger partial charge on any atom is 0.119 e. The monoisotopic (exact) mass is 290 g/mol. The number of ether oxygens (including phenoxy) is 1. The van der Waals surface area contributed by atoms with Gasteiger partial charge in [-0.05, 0) is 64.1 Å². The van der Waals surface area contributed by atoms with E-state index in [-0.39, 0.29) is 6.04 Å². The maximum absolute atomic E-state index is 10.7. The van der Waals surface area contributed by atoms with Gasteiger partial charge in [-0.3, -0.25) is 4.90 Å². The lowest BCUT2D eigenvalue weighted by atomic mass is 10.0. The van der Waals surface area contributed by atoms with Gasteiger partial charge in [0.1, 0.15) is 5.75 Å². The van der Waals surface area contributed by atoms with Crippen molar-refractivity contribution in [2.45, 2.75) is 37.5 Å². The summed E-state index contributed by atoms with van der Waals surface area (Å²) in [6, 6.07) is 8.12. The Kier molecular flexibility index (Phi) is 4.48. The summed E-state index contributed by atoms with van der Waals surface area (Å²) in [5, 5.41) is 10.7. The van der Waals surface area contributed by atoms with Crippen molar-refractivity contribution in [1.82, 2.24) is 9.80 Å². The molecule has 1 saturated carbocycles. The standard InChI is InChI=1S/C17H26N2O2/c1-18-10-3-11-19(2)16(12-18)17(20)13-4-6-14(7-5-13)21-15-8-9-15/h4-7,15-17,20H,3,8-12H2,1-2H3.